The Labute approximate surface area is 142 Å². The van der Waals surface area contributed by atoms with Crippen LogP contribution >= 0.6 is 23.5 Å². The number of carbonyl (C=O) groups is 2. The minimum absolute atomic E-state index is 0.0534. The van der Waals surface area contributed by atoms with Crippen LogP contribution in [0.4, 0.5) is 0 Å². The Kier molecular flexibility index (Phi) is 6.31. The quantitative estimate of drug-likeness (QED) is 0.453. The predicted molar refractivity (Wildman–Crippen MR) is 91.9 cm³/mol. The van der Waals surface area contributed by atoms with E-state index in [0.29, 0.717) is 0 Å². The summed E-state index contributed by atoms with van der Waals surface area (Å²) in [5.41, 5.74) is 0. The zero-order chi connectivity index (χ0) is 16.7. The Morgan fingerprint density at radius 3 is 1.96 bits per heavy atom. The third-order valence-electron chi connectivity index (χ3n) is 2.74. The molecule has 0 spiro atoms. The van der Waals surface area contributed by atoms with Gasteiger partial charge in [0, 0.05) is 9.79 Å². The zero-order valence-electron chi connectivity index (χ0n) is 12.0. The highest BCUT2D eigenvalue weighted by atomic mass is 32.2. The van der Waals surface area contributed by atoms with Crippen molar-refractivity contribution in [1.29, 1.82) is 0 Å². The maximum absolute atomic E-state index is 11.8. The van der Waals surface area contributed by atoms with Gasteiger partial charge in [0.05, 0.1) is 5.75 Å². The van der Waals surface area contributed by atoms with Crippen molar-refractivity contribution in [3.8, 4) is 11.5 Å². The van der Waals surface area contributed by atoms with Gasteiger partial charge >= 0.3 is 0 Å². The topological polar surface area (TPSA) is 74.6 Å². The molecule has 0 unspecified atom stereocenters. The first-order valence-corrected chi connectivity index (χ1v) is 8.52. The number of hydrogen-bond acceptors (Lipinski definition) is 6. The molecule has 0 atom stereocenters. The van der Waals surface area contributed by atoms with E-state index in [1.54, 1.807) is 41.8 Å². The van der Waals surface area contributed by atoms with E-state index in [4.69, 9.17) is 5.11 Å². The molecule has 0 heterocycles. The lowest BCUT2D eigenvalue weighted by atomic mass is 10.3. The SMILES string of the molecule is O=C(C=CSc1ccc(O)cc1)C(=O)CSc1ccc(O)cc1. The van der Waals surface area contributed by atoms with E-state index in [1.165, 1.54) is 41.7 Å². The molecule has 0 aromatic heterocycles. The van der Waals surface area contributed by atoms with Crippen molar-refractivity contribution in [3.05, 3.63) is 60.0 Å². The van der Waals surface area contributed by atoms with Crippen LogP contribution in [0.25, 0.3) is 0 Å². The Hall–Kier alpha value is -2.18. The Bertz CT molecular complexity index is 706. The van der Waals surface area contributed by atoms with Gasteiger partial charge in [-0.1, -0.05) is 11.8 Å². The van der Waals surface area contributed by atoms with E-state index in [2.05, 4.69) is 0 Å². The van der Waals surface area contributed by atoms with Crippen LogP contribution in [-0.2, 0) is 9.59 Å². The van der Waals surface area contributed by atoms with Crippen LogP contribution < -0.4 is 0 Å². The fraction of sp³-hybridized carbons (Fsp3) is 0.0588. The second kappa shape index (κ2) is 8.45. The molecule has 118 valence electrons. The van der Waals surface area contributed by atoms with Gasteiger partial charge < -0.3 is 10.2 Å². The van der Waals surface area contributed by atoms with E-state index in [0.717, 1.165) is 9.79 Å². The number of phenols is 2. The molecule has 0 aliphatic carbocycles. The number of Topliss-reactive ketones (excluding diaryl/α,β-unsaturated/α-hetero) is 1. The standard InChI is InChI=1S/C17H14O4S2/c18-12-1-5-14(6-2-12)22-10-9-16(20)17(21)11-23-15-7-3-13(19)4-8-15/h1-10,18-19H,11H2. The van der Waals surface area contributed by atoms with E-state index >= 15 is 0 Å². The van der Waals surface area contributed by atoms with Gasteiger partial charge in [0.15, 0.2) is 0 Å². The van der Waals surface area contributed by atoms with Gasteiger partial charge in [0.1, 0.15) is 11.5 Å². The van der Waals surface area contributed by atoms with E-state index in [1.807, 2.05) is 0 Å². The van der Waals surface area contributed by atoms with Crippen molar-refractivity contribution in [2.45, 2.75) is 9.79 Å². The van der Waals surface area contributed by atoms with Crippen LogP contribution in [0, 0.1) is 0 Å². The normalized spacial score (nSPS) is 10.8. The molecule has 2 N–H and O–H groups in total. The van der Waals surface area contributed by atoms with Gasteiger partial charge in [0.25, 0.3) is 0 Å². The highest BCUT2D eigenvalue weighted by molar-refractivity contribution is 8.02. The van der Waals surface area contributed by atoms with Crippen molar-refractivity contribution >= 4 is 35.1 Å². The summed E-state index contributed by atoms with van der Waals surface area (Å²) < 4.78 is 0. The van der Waals surface area contributed by atoms with Gasteiger partial charge in [-0.2, -0.15) is 0 Å². The molecule has 0 bridgehead atoms. The lowest BCUT2D eigenvalue weighted by Crippen LogP contribution is -2.13. The van der Waals surface area contributed by atoms with Crippen molar-refractivity contribution < 1.29 is 19.8 Å². The first kappa shape index (κ1) is 17.2. The Morgan fingerprint density at radius 1 is 0.870 bits per heavy atom. The second-order valence-electron chi connectivity index (χ2n) is 4.48. The molecule has 6 heteroatoms. The van der Waals surface area contributed by atoms with Crippen LogP contribution in [0.15, 0.2) is 69.8 Å². The zero-order valence-corrected chi connectivity index (χ0v) is 13.6. The lowest BCUT2D eigenvalue weighted by Gasteiger charge is -2.00. The molecule has 2 aromatic carbocycles. The predicted octanol–water partition coefficient (Wildman–Crippen LogP) is 3.63. The van der Waals surface area contributed by atoms with Crippen molar-refractivity contribution in [2.24, 2.45) is 0 Å². The van der Waals surface area contributed by atoms with Crippen LogP contribution in [0.3, 0.4) is 0 Å². The number of rotatable bonds is 7. The van der Waals surface area contributed by atoms with Gasteiger partial charge in [-0.15, -0.1) is 11.8 Å². The van der Waals surface area contributed by atoms with Gasteiger partial charge in [-0.25, -0.2) is 0 Å². The highest BCUT2D eigenvalue weighted by Crippen LogP contribution is 2.22. The molecule has 0 aliphatic heterocycles. The Morgan fingerprint density at radius 2 is 1.39 bits per heavy atom. The summed E-state index contributed by atoms with van der Waals surface area (Å²) in [6, 6.07) is 13.0. The molecule has 4 nitrogen and oxygen atoms in total. The summed E-state index contributed by atoms with van der Waals surface area (Å²) in [5, 5.41) is 19.9. The van der Waals surface area contributed by atoms with Crippen molar-refractivity contribution in [1.82, 2.24) is 0 Å². The number of benzene rings is 2. The molecule has 2 rings (SSSR count). The summed E-state index contributed by atoms with van der Waals surface area (Å²) in [6.45, 7) is 0. The average molecular weight is 346 g/mol. The molecule has 23 heavy (non-hydrogen) atoms. The molecular weight excluding hydrogens is 332 g/mol. The minimum Gasteiger partial charge on any atom is -0.508 e. The molecule has 0 radical (unpaired) electrons. The highest BCUT2D eigenvalue weighted by Gasteiger charge is 2.10. The minimum atomic E-state index is -0.553. The second-order valence-corrected chi connectivity index (χ2v) is 6.51. The number of thioether (sulfide) groups is 2. The Balaban J connectivity index is 1.80. The maximum Gasteiger partial charge on any atom is 0.222 e. The molecule has 2 aromatic rings. The van der Waals surface area contributed by atoms with E-state index in [-0.39, 0.29) is 17.3 Å². The van der Waals surface area contributed by atoms with Crippen LogP contribution in [-0.4, -0.2) is 27.5 Å². The lowest BCUT2D eigenvalue weighted by molar-refractivity contribution is -0.132. The molecule has 0 saturated carbocycles. The van der Waals surface area contributed by atoms with Gasteiger partial charge in [-0.3, -0.25) is 9.59 Å². The third kappa shape index (κ3) is 5.84. The van der Waals surface area contributed by atoms with Crippen LogP contribution in [0.2, 0.25) is 0 Å². The largest absolute Gasteiger partial charge is 0.508 e. The molecule has 0 amide bonds. The number of aromatic hydroxyl groups is 2. The summed E-state index contributed by atoms with van der Waals surface area (Å²) in [4.78, 5) is 25.1. The summed E-state index contributed by atoms with van der Waals surface area (Å²) in [6.07, 6.45) is 1.25. The fourth-order valence-corrected chi connectivity index (χ4v) is 2.96. The number of ketones is 2. The van der Waals surface area contributed by atoms with Crippen molar-refractivity contribution in [3.63, 3.8) is 0 Å². The van der Waals surface area contributed by atoms with Gasteiger partial charge in [-0.05, 0) is 60.0 Å². The summed E-state index contributed by atoms with van der Waals surface area (Å²) >= 11 is 2.54. The molecule has 0 fully saturated rings. The average Bonchev–Trinajstić information content (AvgIpc) is 2.55. The monoisotopic (exact) mass is 346 g/mol. The maximum atomic E-state index is 11.8. The fourth-order valence-electron chi connectivity index (χ4n) is 1.55. The van der Waals surface area contributed by atoms with Crippen LogP contribution in [0.1, 0.15) is 0 Å². The summed E-state index contributed by atoms with van der Waals surface area (Å²) in [7, 11) is 0. The third-order valence-corrected chi connectivity index (χ3v) is 4.57. The molecule has 0 aliphatic rings. The van der Waals surface area contributed by atoms with Crippen LogP contribution in [0.5, 0.6) is 11.5 Å². The first-order valence-electron chi connectivity index (χ1n) is 6.66. The number of hydrogen-bond donors (Lipinski definition) is 2. The van der Waals surface area contributed by atoms with Crippen molar-refractivity contribution in [2.75, 3.05) is 5.75 Å². The number of allylic oxidation sites excluding steroid dienone is 1. The summed E-state index contributed by atoms with van der Waals surface area (Å²) in [5.74, 6) is -0.646. The smallest absolute Gasteiger partial charge is 0.222 e. The first-order chi connectivity index (χ1) is 11.0. The van der Waals surface area contributed by atoms with Gasteiger partial charge in [0.2, 0.25) is 11.6 Å². The van der Waals surface area contributed by atoms with E-state index in [9.17, 15) is 14.7 Å². The number of phenolic OH excluding ortho intramolecular Hbond substituents is 2. The van der Waals surface area contributed by atoms with E-state index < -0.39 is 11.6 Å². The number of carbonyl (C=O) groups excluding carboxylic acids is 2. The molecule has 0 saturated heterocycles. The molecular formula is C17H14O4S2.